The molecule has 0 aliphatic carbocycles. The predicted molar refractivity (Wildman–Crippen MR) is 129 cm³/mol. The van der Waals surface area contributed by atoms with Crippen molar-refractivity contribution in [2.75, 3.05) is 37.7 Å². The lowest BCUT2D eigenvalue weighted by atomic mass is 9.91. The topological polar surface area (TPSA) is 102 Å². The Bertz CT molecular complexity index is 1090. The molecule has 1 spiro atoms. The van der Waals surface area contributed by atoms with Crippen LogP contribution in [0.2, 0.25) is 5.02 Å². The quantitative estimate of drug-likeness (QED) is 0.654. The summed E-state index contributed by atoms with van der Waals surface area (Å²) in [5.41, 5.74) is 10.2. The van der Waals surface area contributed by atoms with Gasteiger partial charge in [0.2, 0.25) is 0 Å². The summed E-state index contributed by atoms with van der Waals surface area (Å²) in [5.74, 6) is 0. The number of anilines is 1. The van der Waals surface area contributed by atoms with Gasteiger partial charge >= 0.3 is 6.09 Å². The van der Waals surface area contributed by atoms with Gasteiger partial charge in [0.1, 0.15) is 5.60 Å². The SMILES string of the molecule is NC=C(C=NC1COC1)c1ccc(-c2cncc(Cl)c2N2CCC3(CC2)CNC(=O)O3)cc1. The van der Waals surface area contributed by atoms with Crippen LogP contribution in [-0.2, 0) is 9.47 Å². The van der Waals surface area contributed by atoms with Crippen molar-refractivity contribution >= 4 is 35.2 Å². The number of alkyl carbamates (subject to hydrolysis) is 1. The maximum atomic E-state index is 11.5. The average Bonchev–Trinajstić information content (AvgIpc) is 3.16. The van der Waals surface area contributed by atoms with Gasteiger partial charge in [-0.05, 0) is 11.1 Å². The average molecular weight is 468 g/mol. The van der Waals surface area contributed by atoms with E-state index in [-0.39, 0.29) is 12.1 Å². The minimum Gasteiger partial charge on any atom is -0.441 e. The van der Waals surface area contributed by atoms with E-state index < -0.39 is 5.60 Å². The van der Waals surface area contributed by atoms with E-state index in [4.69, 9.17) is 26.8 Å². The number of benzene rings is 1. The molecular formula is C24H26ClN5O3. The molecule has 3 N–H and O–H groups in total. The first-order valence-corrected chi connectivity index (χ1v) is 11.4. The molecule has 1 aromatic heterocycles. The van der Waals surface area contributed by atoms with Crippen molar-refractivity contribution in [2.24, 2.45) is 10.7 Å². The second kappa shape index (κ2) is 9.03. The molecule has 2 aromatic rings. The van der Waals surface area contributed by atoms with E-state index in [9.17, 15) is 4.79 Å². The number of hydrogen-bond donors (Lipinski definition) is 2. The number of piperidine rings is 1. The number of carbonyl (C=O) groups excluding carboxylic acids is 1. The fourth-order valence-corrected chi connectivity index (χ4v) is 4.71. The first-order valence-electron chi connectivity index (χ1n) is 11.1. The zero-order chi connectivity index (χ0) is 22.8. The van der Waals surface area contributed by atoms with Gasteiger partial charge in [-0.25, -0.2) is 4.79 Å². The van der Waals surface area contributed by atoms with Crippen LogP contribution in [0, 0.1) is 0 Å². The van der Waals surface area contributed by atoms with Crippen LogP contribution in [0.1, 0.15) is 18.4 Å². The molecule has 0 bridgehead atoms. The van der Waals surface area contributed by atoms with Gasteiger partial charge in [0.05, 0.1) is 36.5 Å². The Morgan fingerprint density at radius 1 is 1.24 bits per heavy atom. The summed E-state index contributed by atoms with van der Waals surface area (Å²) in [6.07, 6.45) is 8.06. The number of hydrogen-bond acceptors (Lipinski definition) is 7. The van der Waals surface area contributed by atoms with E-state index in [1.165, 1.54) is 0 Å². The molecule has 1 aromatic carbocycles. The van der Waals surface area contributed by atoms with Crippen LogP contribution in [0.5, 0.6) is 0 Å². The van der Waals surface area contributed by atoms with Gasteiger partial charge in [0.15, 0.2) is 0 Å². The van der Waals surface area contributed by atoms with Gasteiger partial charge < -0.3 is 25.4 Å². The summed E-state index contributed by atoms with van der Waals surface area (Å²) >= 11 is 6.63. The highest BCUT2D eigenvalue weighted by atomic mass is 35.5. The number of ether oxygens (including phenoxy) is 2. The lowest BCUT2D eigenvalue weighted by molar-refractivity contribution is 0.0136. The third-order valence-electron chi connectivity index (χ3n) is 6.48. The molecule has 172 valence electrons. The van der Waals surface area contributed by atoms with Crippen LogP contribution in [-0.4, -0.2) is 61.8 Å². The van der Waals surface area contributed by atoms with Gasteiger partial charge in [0.25, 0.3) is 0 Å². The highest BCUT2D eigenvalue weighted by Crippen LogP contribution is 2.40. The molecule has 1 amide bonds. The molecule has 5 rings (SSSR count). The number of carbonyl (C=O) groups is 1. The number of aromatic nitrogens is 1. The predicted octanol–water partition coefficient (Wildman–Crippen LogP) is 3.25. The summed E-state index contributed by atoms with van der Waals surface area (Å²) in [6, 6.07) is 8.36. The third-order valence-corrected chi connectivity index (χ3v) is 6.76. The van der Waals surface area contributed by atoms with Crippen molar-refractivity contribution in [1.82, 2.24) is 10.3 Å². The molecule has 3 saturated heterocycles. The summed E-state index contributed by atoms with van der Waals surface area (Å²) in [5, 5.41) is 3.38. The number of amides is 1. The Morgan fingerprint density at radius 2 is 2.00 bits per heavy atom. The normalized spacial score (nSPS) is 20.7. The van der Waals surface area contributed by atoms with Crippen LogP contribution >= 0.6 is 11.6 Å². The molecule has 33 heavy (non-hydrogen) atoms. The zero-order valence-electron chi connectivity index (χ0n) is 18.2. The molecule has 0 saturated carbocycles. The number of rotatable bonds is 5. The number of nitrogens with two attached hydrogens (primary N) is 1. The molecule has 9 heteroatoms. The molecule has 3 aliphatic rings. The van der Waals surface area contributed by atoms with E-state index >= 15 is 0 Å². The van der Waals surface area contributed by atoms with Gasteiger partial charge in [0, 0.05) is 61.9 Å². The third kappa shape index (κ3) is 4.41. The van der Waals surface area contributed by atoms with Crippen LogP contribution in [0.25, 0.3) is 16.7 Å². The van der Waals surface area contributed by atoms with E-state index in [2.05, 4.69) is 20.2 Å². The molecule has 4 heterocycles. The van der Waals surface area contributed by atoms with E-state index in [0.29, 0.717) is 24.8 Å². The Kier molecular flexibility index (Phi) is 5.95. The Labute approximate surface area is 197 Å². The molecule has 0 unspecified atom stereocenters. The molecule has 0 radical (unpaired) electrons. The summed E-state index contributed by atoms with van der Waals surface area (Å²) in [4.78, 5) is 22.6. The highest BCUT2D eigenvalue weighted by Gasteiger charge is 2.43. The second-order valence-electron chi connectivity index (χ2n) is 8.60. The Morgan fingerprint density at radius 3 is 2.61 bits per heavy atom. The van der Waals surface area contributed by atoms with Crippen molar-refractivity contribution in [3.05, 3.63) is 53.4 Å². The maximum absolute atomic E-state index is 11.5. The van der Waals surface area contributed by atoms with E-state index in [1.807, 2.05) is 36.7 Å². The minimum atomic E-state index is -0.410. The molecule has 3 fully saturated rings. The first kappa shape index (κ1) is 21.7. The van der Waals surface area contributed by atoms with Crippen LogP contribution in [0.3, 0.4) is 0 Å². The fourth-order valence-electron chi connectivity index (χ4n) is 4.43. The van der Waals surface area contributed by atoms with E-state index in [1.54, 1.807) is 12.4 Å². The molecular weight excluding hydrogens is 442 g/mol. The van der Waals surface area contributed by atoms with Crippen molar-refractivity contribution in [2.45, 2.75) is 24.5 Å². The largest absolute Gasteiger partial charge is 0.441 e. The number of halogens is 1. The summed E-state index contributed by atoms with van der Waals surface area (Å²) in [7, 11) is 0. The van der Waals surface area contributed by atoms with Crippen LogP contribution < -0.4 is 16.0 Å². The van der Waals surface area contributed by atoms with Crippen molar-refractivity contribution < 1.29 is 14.3 Å². The second-order valence-corrected chi connectivity index (χ2v) is 9.01. The minimum absolute atomic E-state index is 0.214. The summed E-state index contributed by atoms with van der Waals surface area (Å²) < 4.78 is 10.7. The standard InChI is InChI=1S/C24H26ClN5O3/c25-21-12-27-11-20(22(21)30-7-5-24(6-8-30)15-29-23(31)33-24)17-3-1-16(2-4-17)18(9-26)10-28-19-13-32-14-19/h1-4,9-12,19H,5-8,13-15,26H2,(H,29,31). The first-order chi connectivity index (χ1) is 16.1. The number of nitrogens with zero attached hydrogens (tertiary/aromatic N) is 3. The number of aliphatic imine (C=N–C) groups is 1. The Balaban J connectivity index is 1.36. The number of allylic oxidation sites excluding steroid dienone is 1. The molecule has 3 aliphatic heterocycles. The van der Waals surface area contributed by atoms with Gasteiger partial charge in [-0.3, -0.25) is 9.98 Å². The van der Waals surface area contributed by atoms with Crippen LogP contribution in [0.15, 0.2) is 47.9 Å². The molecule has 8 nitrogen and oxygen atoms in total. The lowest BCUT2D eigenvalue weighted by Gasteiger charge is -2.39. The zero-order valence-corrected chi connectivity index (χ0v) is 18.9. The lowest BCUT2D eigenvalue weighted by Crippen LogP contribution is -2.46. The van der Waals surface area contributed by atoms with Crippen LogP contribution in [0.4, 0.5) is 10.5 Å². The molecule has 0 atom stereocenters. The van der Waals surface area contributed by atoms with Crippen molar-refractivity contribution in [3.63, 3.8) is 0 Å². The van der Waals surface area contributed by atoms with Crippen molar-refractivity contribution in [3.8, 4) is 11.1 Å². The monoisotopic (exact) mass is 467 g/mol. The highest BCUT2D eigenvalue weighted by molar-refractivity contribution is 6.33. The van der Waals surface area contributed by atoms with Crippen molar-refractivity contribution in [1.29, 1.82) is 0 Å². The number of nitrogens with one attached hydrogen (secondary N) is 1. The van der Waals surface area contributed by atoms with Gasteiger partial charge in [-0.1, -0.05) is 35.9 Å². The fraction of sp³-hybridized carbons (Fsp3) is 0.375. The number of pyridine rings is 1. The smallest absolute Gasteiger partial charge is 0.407 e. The summed E-state index contributed by atoms with van der Waals surface area (Å²) in [6.45, 7) is 3.37. The maximum Gasteiger partial charge on any atom is 0.407 e. The van der Waals surface area contributed by atoms with Gasteiger partial charge in [-0.2, -0.15) is 0 Å². The Hall–Kier alpha value is -3.10. The van der Waals surface area contributed by atoms with E-state index in [0.717, 1.165) is 53.9 Å². The van der Waals surface area contributed by atoms with Gasteiger partial charge in [-0.15, -0.1) is 0 Å².